The lowest BCUT2D eigenvalue weighted by molar-refractivity contribution is 0.112. The van der Waals surface area contributed by atoms with Crippen LogP contribution in [0.1, 0.15) is 10.4 Å². The third-order valence-corrected chi connectivity index (χ3v) is 1.39. The molecule has 6 nitrogen and oxygen atoms in total. The van der Waals surface area contributed by atoms with E-state index in [-0.39, 0.29) is 5.56 Å². The highest BCUT2D eigenvalue weighted by Gasteiger charge is 2.20. The number of aldehydes is 1. The highest BCUT2D eigenvalue weighted by Crippen LogP contribution is 2.38. The van der Waals surface area contributed by atoms with Crippen molar-refractivity contribution in [1.29, 1.82) is 0 Å². The van der Waals surface area contributed by atoms with Gasteiger partial charge in [0, 0.05) is 0 Å². The highest BCUT2D eigenvalue weighted by atomic mass is 31.2. The van der Waals surface area contributed by atoms with Gasteiger partial charge in [0.25, 0.3) is 0 Å². The van der Waals surface area contributed by atoms with Gasteiger partial charge in [0.15, 0.2) is 6.29 Å². The molecule has 0 fully saturated rings. The second-order valence-electron chi connectivity index (χ2n) is 1.86. The maximum atomic E-state index is 10.3. The molecule has 12 heavy (non-hydrogen) atoms. The van der Waals surface area contributed by atoms with Crippen LogP contribution in [0.2, 0.25) is 0 Å². The molecular formula is C5H5O6P. The van der Waals surface area contributed by atoms with Crippen LogP contribution in [0.3, 0.4) is 0 Å². The van der Waals surface area contributed by atoms with Crippen LogP contribution in [0.5, 0.6) is 5.95 Å². The first-order valence-corrected chi connectivity index (χ1v) is 4.34. The summed E-state index contributed by atoms with van der Waals surface area (Å²) in [6, 6.07) is 1.23. The van der Waals surface area contributed by atoms with E-state index in [0.29, 0.717) is 6.29 Å². The largest absolute Gasteiger partial charge is 0.527 e. The first kappa shape index (κ1) is 8.99. The molecule has 1 aromatic rings. The van der Waals surface area contributed by atoms with E-state index >= 15 is 0 Å². The maximum Gasteiger partial charge on any atom is 0.527 e. The van der Waals surface area contributed by atoms with E-state index in [9.17, 15) is 9.36 Å². The third kappa shape index (κ3) is 2.20. The van der Waals surface area contributed by atoms with Gasteiger partial charge in [0.05, 0.1) is 11.8 Å². The van der Waals surface area contributed by atoms with Crippen LogP contribution < -0.4 is 4.52 Å². The number of phosphoric ester groups is 1. The Morgan fingerprint density at radius 2 is 2.25 bits per heavy atom. The number of carbonyl (C=O) groups excluding carboxylic acids is 1. The molecule has 0 aromatic carbocycles. The van der Waals surface area contributed by atoms with Crippen molar-refractivity contribution in [2.75, 3.05) is 0 Å². The van der Waals surface area contributed by atoms with E-state index < -0.39 is 13.8 Å². The molecule has 1 rings (SSSR count). The van der Waals surface area contributed by atoms with Crippen LogP contribution in [-0.2, 0) is 4.57 Å². The minimum Gasteiger partial charge on any atom is -0.433 e. The second kappa shape index (κ2) is 3.10. The minimum absolute atomic E-state index is 0.0432. The molecule has 2 N–H and O–H groups in total. The summed E-state index contributed by atoms with van der Waals surface area (Å²) >= 11 is 0. The van der Waals surface area contributed by atoms with Crippen molar-refractivity contribution in [3.05, 3.63) is 17.9 Å². The van der Waals surface area contributed by atoms with Gasteiger partial charge in [-0.3, -0.25) is 14.6 Å². The molecule has 0 aliphatic rings. The van der Waals surface area contributed by atoms with E-state index in [1.807, 2.05) is 0 Å². The lowest BCUT2D eigenvalue weighted by atomic mass is 10.4. The molecule has 0 bridgehead atoms. The molecule has 66 valence electrons. The van der Waals surface area contributed by atoms with E-state index in [2.05, 4.69) is 8.94 Å². The number of carbonyl (C=O) groups is 1. The molecule has 0 aliphatic carbocycles. The molecule has 0 spiro atoms. The average molecular weight is 192 g/mol. The van der Waals surface area contributed by atoms with Gasteiger partial charge in [-0.1, -0.05) is 0 Å². The Bertz CT molecular complexity index is 322. The number of rotatable bonds is 3. The van der Waals surface area contributed by atoms with Crippen molar-refractivity contribution in [3.8, 4) is 5.95 Å². The van der Waals surface area contributed by atoms with Crippen molar-refractivity contribution in [1.82, 2.24) is 0 Å². The Balaban J connectivity index is 2.89. The molecular weight excluding hydrogens is 187 g/mol. The summed E-state index contributed by atoms with van der Waals surface area (Å²) < 4.78 is 18.8. The molecule has 1 heterocycles. The summed E-state index contributed by atoms with van der Waals surface area (Å²) in [5, 5.41) is 0. The van der Waals surface area contributed by atoms with Crippen LogP contribution >= 0.6 is 7.82 Å². The fourth-order valence-corrected chi connectivity index (χ4v) is 0.939. The van der Waals surface area contributed by atoms with Gasteiger partial charge in [-0.25, -0.2) is 4.57 Å². The van der Waals surface area contributed by atoms with E-state index in [0.717, 1.165) is 6.26 Å². The van der Waals surface area contributed by atoms with Gasteiger partial charge in [-0.15, -0.1) is 0 Å². The monoisotopic (exact) mass is 192 g/mol. The average Bonchev–Trinajstić information content (AvgIpc) is 2.31. The Labute approximate surface area is 67.0 Å². The maximum absolute atomic E-state index is 10.3. The molecule has 0 saturated heterocycles. The van der Waals surface area contributed by atoms with Gasteiger partial charge in [0.2, 0.25) is 0 Å². The fourth-order valence-electron chi connectivity index (χ4n) is 0.575. The lowest BCUT2D eigenvalue weighted by Crippen LogP contribution is -1.90. The fraction of sp³-hybridized carbons (Fsp3) is 0. The molecule has 0 amide bonds. The van der Waals surface area contributed by atoms with E-state index in [4.69, 9.17) is 9.79 Å². The number of phosphoric acid groups is 1. The van der Waals surface area contributed by atoms with Gasteiger partial charge in [0.1, 0.15) is 0 Å². The molecule has 0 saturated carbocycles. The quantitative estimate of drug-likeness (QED) is 0.536. The molecule has 0 aliphatic heterocycles. The first-order valence-electron chi connectivity index (χ1n) is 2.81. The second-order valence-corrected chi connectivity index (χ2v) is 3.03. The zero-order valence-electron chi connectivity index (χ0n) is 5.71. The van der Waals surface area contributed by atoms with Crippen molar-refractivity contribution < 1.29 is 28.1 Å². The van der Waals surface area contributed by atoms with Crippen molar-refractivity contribution in [3.63, 3.8) is 0 Å². The lowest BCUT2D eigenvalue weighted by Gasteiger charge is -2.02. The summed E-state index contributed by atoms with van der Waals surface area (Å²) in [6.45, 7) is 0. The Hall–Kier alpha value is -1.10. The van der Waals surface area contributed by atoms with Crippen LogP contribution in [0.15, 0.2) is 16.7 Å². The summed E-state index contributed by atoms with van der Waals surface area (Å²) in [5.41, 5.74) is -0.0432. The van der Waals surface area contributed by atoms with E-state index in [1.165, 1.54) is 6.07 Å². The number of furan rings is 1. The zero-order chi connectivity index (χ0) is 9.19. The standard InChI is InChI=1S/C5H5O6P/c6-3-4-1-2-10-5(4)11-12(7,8)9/h1-3H,(H2,7,8,9). The molecule has 0 unspecified atom stereocenters. The Kier molecular flexibility index (Phi) is 2.32. The van der Waals surface area contributed by atoms with Gasteiger partial charge in [-0.2, -0.15) is 0 Å². The normalized spacial score (nSPS) is 11.2. The molecule has 1 aromatic heterocycles. The van der Waals surface area contributed by atoms with Crippen molar-refractivity contribution in [2.45, 2.75) is 0 Å². The smallest absolute Gasteiger partial charge is 0.433 e. The zero-order valence-corrected chi connectivity index (χ0v) is 6.60. The highest BCUT2D eigenvalue weighted by molar-refractivity contribution is 7.46. The van der Waals surface area contributed by atoms with Crippen LogP contribution in [0.4, 0.5) is 0 Å². The molecule has 7 heteroatoms. The van der Waals surface area contributed by atoms with E-state index in [1.54, 1.807) is 0 Å². The molecule has 0 radical (unpaired) electrons. The predicted octanol–water partition coefficient (Wildman–Crippen LogP) is 0.564. The third-order valence-electron chi connectivity index (χ3n) is 0.987. The predicted molar refractivity (Wildman–Crippen MR) is 36.8 cm³/mol. The van der Waals surface area contributed by atoms with Crippen LogP contribution in [0, 0.1) is 0 Å². The number of hydrogen-bond acceptors (Lipinski definition) is 4. The van der Waals surface area contributed by atoms with Gasteiger partial charge < -0.3 is 8.94 Å². The minimum atomic E-state index is -4.65. The Morgan fingerprint density at radius 1 is 1.58 bits per heavy atom. The number of hydrogen-bond donors (Lipinski definition) is 2. The van der Waals surface area contributed by atoms with Gasteiger partial charge in [-0.05, 0) is 6.07 Å². The SMILES string of the molecule is O=Cc1ccoc1OP(=O)(O)O. The topological polar surface area (TPSA) is 97.0 Å². The van der Waals surface area contributed by atoms with Crippen LogP contribution in [0.25, 0.3) is 0 Å². The van der Waals surface area contributed by atoms with Crippen molar-refractivity contribution >= 4 is 14.1 Å². The van der Waals surface area contributed by atoms with Gasteiger partial charge >= 0.3 is 13.8 Å². The summed E-state index contributed by atoms with van der Waals surface area (Å²) in [6.07, 6.45) is 1.46. The summed E-state index contributed by atoms with van der Waals surface area (Å²) in [4.78, 5) is 26.8. The molecule has 0 atom stereocenters. The van der Waals surface area contributed by atoms with Crippen LogP contribution in [-0.4, -0.2) is 16.1 Å². The van der Waals surface area contributed by atoms with Crippen molar-refractivity contribution in [2.24, 2.45) is 0 Å². The summed E-state index contributed by atoms with van der Waals surface area (Å²) in [5.74, 6) is -0.474. The first-order chi connectivity index (χ1) is 5.53. The Morgan fingerprint density at radius 3 is 2.75 bits per heavy atom. The summed E-state index contributed by atoms with van der Waals surface area (Å²) in [7, 11) is -4.65.